The monoisotopic (exact) mass is 1020 g/mol. The molecule has 0 radical (unpaired) electrons. The molecule has 5 aromatic rings. The van der Waals surface area contributed by atoms with Gasteiger partial charge in [0.1, 0.15) is 18.2 Å². The summed E-state index contributed by atoms with van der Waals surface area (Å²) in [5.41, 5.74) is 20.0. The highest BCUT2D eigenvalue weighted by Crippen LogP contribution is 2.32. The summed E-state index contributed by atoms with van der Waals surface area (Å²) in [6.45, 7) is 14.0. The van der Waals surface area contributed by atoms with Crippen LogP contribution in [-0.4, -0.2) is 122 Å². The summed E-state index contributed by atoms with van der Waals surface area (Å²) in [5, 5.41) is 14.9. The van der Waals surface area contributed by atoms with E-state index in [1.165, 1.54) is 0 Å². The summed E-state index contributed by atoms with van der Waals surface area (Å²) >= 11 is 1.60. The standard InChI is InChI=1S/C54H72N12O6S/c1-35(37-15-17-38(18-16-37)48-36(2)61-34-73-48)62-50(68)45-14-10-26-66(45)51(69)49(54(3,4)5)63-46(67)22-27-70-29-30-71-28-25-58-41-19-20-44-39(31-41)21-24-59-47(44)43-13-8-7-11-40(43)32-60-53(65-56-6)64-52(55)72-42-12-9-23-57-33-42/h7-8,11,13,15-21,24,31,34-35,42,45,49,56-58H,9-10,12,14,22-23,25-30,32-33H2,1-6H3,(H,62,68)(H,63,67)(H3,55,60,64,65)/t35-,42+,45-,49+/m0/s1. The summed E-state index contributed by atoms with van der Waals surface area (Å²) in [7, 11) is 1.74. The average Bonchev–Trinajstić information content (AvgIpc) is 4.06. The van der Waals surface area contributed by atoms with Crippen molar-refractivity contribution >= 4 is 57.5 Å². The van der Waals surface area contributed by atoms with E-state index in [-0.39, 0.29) is 48.9 Å². The number of aryl methyl sites for hydroxylation is 1. The highest BCUT2D eigenvalue weighted by molar-refractivity contribution is 7.13. The van der Waals surface area contributed by atoms with Gasteiger partial charge in [-0.1, -0.05) is 75.4 Å². The molecule has 3 amide bonds. The van der Waals surface area contributed by atoms with Crippen molar-refractivity contribution in [2.75, 3.05) is 65.0 Å². The second-order valence-electron chi connectivity index (χ2n) is 19.4. The molecule has 8 N–H and O–H groups in total. The summed E-state index contributed by atoms with van der Waals surface area (Å²) in [6, 6.07) is 22.7. The van der Waals surface area contributed by atoms with Gasteiger partial charge in [0.25, 0.3) is 6.02 Å². The number of rotatable bonds is 21. The zero-order valence-corrected chi connectivity index (χ0v) is 43.8. The Balaban J connectivity index is 0.821. The molecule has 0 bridgehead atoms. The molecule has 7 rings (SSSR count). The molecule has 2 saturated heterocycles. The van der Waals surface area contributed by atoms with Crippen LogP contribution in [0.5, 0.6) is 0 Å². The Labute approximate surface area is 432 Å². The summed E-state index contributed by atoms with van der Waals surface area (Å²) < 4.78 is 17.4. The van der Waals surface area contributed by atoms with Crippen molar-refractivity contribution in [3.8, 4) is 21.7 Å². The van der Waals surface area contributed by atoms with Crippen LogP contribution in [-0.2, 0) is 35.1 Å². The van der Waals surface area contributed by atoms with Gasteiger partial charge in [0.15, 0.2) is 0 Å². The number of nitrogens with zero attached hydrogens (tertiary/aromatic N) is 5. The van der Waals surface area contributed by atoms with Crippen LogP contribution in [0.1, 0.15) is 82.7 Å². The number of pyridine rings is 1. The lowest BCUT2D eigenvalue weighted by molar-refractivity contribution is -0.144. The minimum absolute atomic E-state index is 0.0254. The first kappa shape index (κ1) is 54.3. The first-order valence-electron chi connectivity index (χ1n) is 25.2. The van der Waals surface area contributed by atoms with Crippen LogP contribution in [0.3, 0.4) is 0 Å². The van der Waals surface area contributed by atoms with Crippen molar-refractivity contribution in [2.45, 2.75) is 97.5 Å². The number of aliphatic imine (C=N–C) groups is 2. The van der Waals surface area contributed by atoms with E-state index in [2.05, 4.69) is 54.2 Å². The third kappa shape index (κ3) is 15.3. The molecule has 0 spiro atoms. The molecule has 2 aliphatic rings. The Morgan fingerprint density at radius 2 is 1.75 bits per heavy atom. The summed E-state index contributed by atoms with van der Waals surface area (Å²) in [5.74, 6) is -0.444. The molecule has 18 nitrogen and oxygen atoms in total. The van der Waals surface area contributed by atoms with E-state index in [0.29, 0.717) is 58.3 Å². The molecule has 19 heteroatoms. The number of thiazole rings is 1. The zero-order valence-electron chi connectivity index (χ0n) is 43.0. The fraction of sp³-hybridized carbons (Fsp3) is 0.463. The van der Waals surface area contributed by atoms with Gasteiger partial charge >= 0.3 is 0 Å². The number of carbonyl (C=O) groups excluding carboxylic acids is 3. The molecule has 4 heterocycles. The number of ether oxygens (including phenoxy) is 3. The Morgan fingerprint density at radius 3 is 2.49 bits per heavy atom. The number of aromatic nitrogens is 2. The Morgan fingerprint density at radius 1 is 0.959 bits per heavy atom. The van der Waals surface area contributed by atoms with Crippen molar-refractivity contribution < 1.29 is 28.6 Å². The maximum Gasteiger partial charge on any atom is 0.290 e. The van der Waals surface area contributed by atoms with Crippen molar-refractivity contribution in [1.82, 2.24) is 41.7 Å². The molecule has 2 fully saturated rings. The van der Waals surface area contributed by atoms with Crippen LogP contribution in [0.4, 0.5) is 5.69 Å². The van der Waals surface area contributed by atoms with Gasteiger partial charge in [0.05, 0.1) is 60.8 Å². The van der Waals surface area contributed by atoms with Gasteiger partial charge < -0.3 is 46.1 Å². The van der Waals surface area contributed by atoms with Gasteiger partial charge in [0.2, 0.25) is 23.7 Å². The molecule has 4 atom stereocenters. The average molecular weight is 1020 g/mol. The van der Waals surface area contributed by atoms with E-state index in [1.54, 1.807) is 23.3 Å². The number of nitrogens with two attached hydrogens (primary N) is 1. The molecular weight excluding hydrogens is 945 g/mol. The van der Waals surface area contributed by atoms with E-state index < -0.39 is 17.5 Å². The number of piperidine rings is 1. The second kappa shape index (κ2) is 26.4. The lowest BCUT2D eigenvalue weighted by Gasteiger charge is -2.35. The maximum atomic E-state index is 14.1. The molecule has 0 unspecified atom stereocenters. The fourth-order valence-corrected chi connectivity index (χ4v) is 9.80. The number of hydrogen-bond donors (Lipinski definition) is 7. The number of hydrazine groups is 1. The zero-order chi connectivity index (χ0) is 51.7. The van der Waals surface area contributed by atoms with Gasteiger partial charge in [-0.3, -0.25) is 24.8 Å². The van der Waals surface area contributed by atoms with Gasteiger partial charge in [0, 0.05) is 55.9 Å². The molecule has 0 saturated carbocycles. The number of amidine groups is 1. The molecule has 2 aliphatic heterocycles. The third-order valence-electron chi connectivity index (χ3n) is 12.9. The van der Waals surface area contributed by atoms with E-state index in [4.69, 9.17) is 29.9 Å². The van der Waals surface area contributed by atoms with Crippen LogP contribution in [0.25, 0.3) is 32.5 Å². The van der Waals surface area contributed by atoms with Crippen LogP contribution in [0.2, 0.25) is 0 Å². The van der Waals surface area contributed by atoms with Crippen LogP contribution in [0, 0.1) is 12.3 Å². The highest BCUT2D eigenvalue weighted by atomic mass is 32.1. The lowest BCUT2D eigenvalue weighted by atomic mass is 9.85. The number of hydrogen-bond acceptors (Lipinski definition) is 13. The largest absolute Gasteiger partial charge is 0.460 e. The van der Waals surface area contributed by atoms with Crippen LogP contribution >= 0.6 is 11.3 Å². The maximum absolute atomic E-state index is 14.1. The van der Waals surface area contributed by atoms with E-state index in [9.17, 15) is 14.4 Å². The number of carbonyl (C=O) groups is 3. The van der Waals surface area contributed by atoms with Crippen LogP contribution < -0.4 is 37.9 Å². The molecule has 390 valence electrons. The molecular formula is C54H72N12O6S. The van der Waals surface area contributed by atoms with Crippen molar-refractivity contribution in [3.05, 3.63) is 101 Å². The van der Waals surface area contributed by atoms with Crippen molar-refractivity contribution in [2.24, 2.45) is 21.1 Å². The van der Waals surface area contributed by atoms with Gasteiger partial charge in [-0.05, 0) is 91.8 Å². The Bertz CT molecular complexity index is 2680. The molecule has 2 aromatic heterocycles. The van der Waals surface area contributed by atoms with Crippen molar-refractivity contribution in [3.63, 3.8) is 0 Å². The number of nitrogens with one attached hydrogen (secondary N) is 6. The van der Waals surface area contributed by atoms with E-state index in [1.807, 2.05) is 107 Å². The predicted molar refractivity (Wildman–Crippen MR) is 289 cm³/mol. The molecule has 0 aliphatic carbocycles. The number of fused-ring (bicyclic) bond motifs is 1. The van der Waals surface area contributed by atoms with E-state index in [0.717, 1.165) is 80.9 Å². The number of benzene rings is 3. The number of likely N-dealkylation sites (tertiary alicyclic amines) is 1. The molecule has 73 heavy (non-hydrogen) atoms. The number of guanidine groups is 1. The first-order valence-corrected chi connectivity index (χ1v) is 26.1. The smallest absolute Gasteiger partial charge is 0.290 e. The van der Waals surface area contributed by atoms with Crippen LogP contribution in [0.15, 0.2) is 94.5 Å². The lowest BCUT2D eigenvalue weighted by Crippen LogP contribution is -2.57. The minimum Gasteiger partial charge on any atom is -0.460 e. The minimum atomic E-state index is -0.815. The van der Waals surface area contributed by atoms with Gasteiger partial charge in [-0.25, -0.2) is 15.4 Å². The molecule has 3 aromatic carbocycles. The summed E-state index contributed by atoms with van der Waals surface area (Å²) in [6.07, 6.45) is 5.07. The number of amides is 3. The third-order valence-corrected chi connectivity index (χ3v) is 13.9. The predicted octanol–water partition coefficient (Wildman–Crippen LogP) is 6.23. The topological polar surface area (TPSA) is 231 Å². The van der Waals surface area contributed by atoms with E-state index >= 15 is 0 Å². The SMILES string of the molecule is CNNC(=NCc1ccccc1-c1nccc2cc(NCCOCCOCCC(=O)N[C@H](C(=O)N3CCC[C@H]3C(=O)N[C@@H](C)c3ccc(-c4scnc4C)cc3)C(C)(C)C)ccc12)/N=C(\N)O[C@@H]1CCCNC1. The Hall–Kier alpha value is -6.51. The number of anilines is 1. The fourth-order valence-electron chi connectivity index (χ4n) is 8.99. The summed E-state index contributed by atoms with van der Waals surface area (Å²) in [4.78, 5) is 61.9. The highest BCUT2D eigenvalue weighted by Gasteiger charge is 2.42. The van der Waals surface area contributed by atoms with Gasteiger partial charge in [-0.2, -0.15) is 4.99 Å². The quantitative estimate of drug-likeness (QED) is 0.0187. The first-order chi connectivity index (χ1) is 35.3. The van der Waals surface area contributed by atoms with Gasteiger partial charge in [-0.15, -0.1) is 11.3 Å². The normalized spacial score (nSPS) is 17.3. The van der Waals surface area contributed by atoms with Crippen molar-refractivity contribution in [1.29, 1.82) is 0 Å². The Kier molecular flexibility index (Phi) is 19.7. The second-order valence-corrected chi connectivity index (χ2v) is 20.2.